The highest BCUT2D eigenvalue weighted by Crippen LogP contribution is 2.30. The maximum absolute atomic E-state index is 13.1. The molecule has 11 heteroatoms. The van der Waals surface area contributed by atoms with Gasteiger partial charge in [-0.2, -0.15) is 4.68 Å². The summed E-state index contributed by atoms with van der Waals surface area (Å²) < 4.78 is 6.99. The van der Waals surface area contributed by atoms with E-state index in [4.69, 9.17) is 4.74 Å². The molecule has 0 atom stereocenters. The number of anilines is 1. The van der Waals surface area contributed by atoms with Gasteiger partial charge in [0.15, 0.2) is 0 Å². The van der Waals surface area contributed by atoms with Crippen molar-refractivity contribution >= 4 is 17.7 Å². The summed E-state index contributed by atoms with van der Waals surface area (Å²) in [6.07, 6.45) is 0.703. The fourth-order valence-corrected chi connectivity index (χ4v) is 2.88. The molecule has 3 rings (SSSR count). The van der Waals surface area contributed by atoms with E-state index in [1.54, 1.807) is 19.1 Å². The van der Waals surface area contributed by atoms with Gasteiger partial charge in [0, 0.05) is 6.54 Å². The van der Waals surface area contributed by atoms with Gasteiger partial charge in [-0.25, -0.2) is 14.4 Å². The first kappa shape index (κ1) is 21.6. The number of carbonyl (C=O) groups excluding carboxylic acids is 1. The number of ether oxygens (including phenoxy) is 1. The van der Waals surface area contributed by atoms with Gasteiger partial charge in [-0.05, 0) is 54.1 Å². The second-order valence-corrected chi connectivity index (χ2v) is 6.44. The molecule has 0 fully saturated rings. The van der Waals surface area contributed by atoms with E-state index >= 15 is 0 Å². The van der Waals surface area contributed by atoms with Crippen molar-refractivity contribution in [1.29, 1.82) is 0 Å². The zero-order chi connectivity index (χ0) is 22.5. The zero-order valence-electron chi connectivity index (χ0n) is 16.9. The number of carboxylic acids is 1. The Balaban J connectivity index is 2.05. The Bertz CT molecular complexity index is 1170. The summed E-state index contributed by atoms with van der Waals surface area (Å²) in [7, 11) is 0. The number of rotatable bonds is 7. The Labute approximate surface area is 176 Å². The third kappa shape index (κ3) is 4.25. The lowest BCUT2D eigenvalue weighted by molar-refractivity contribution is 0.0696. The van der Waals surface area contributed by atoms with E-state index in [-0.39, 0.29) is 29.2 Å². The molecule has 2 aromatic carbocycles. The third-order valence-electron chi connectivity index (χ3n) is 4.38. The molecule has 1 aromatic heterocycles. The standard InChI is InChI=1S/C20H21N5O6/c1-3-11-31-17-10-9-13(18(27)28)12-15(17)23(4-2)19(29)25-20(30)24(21-22-25)14-7-5-6-8-16(14)26/h5-10,12,26H,3-4,11H2,1-2H3,(H,27,28). The van der Waals surface area contributed by atoms with Crippen LogP contribution < -0.4 is 15.3 Å². The van der Waals surface area contributed by atoms with Crippen LogP contribution in [-0.2, 0) is 0 Å². The van der Waals surface area contributed by atoms with Crippen LogP contribution in [0.15, 0.2) is 47.3 Å². The number of aromatic nitrogens is 4. The largest absolute Gasteiger partial charge is 0.506 e. The lowest BCUT2D eigenvalue weighted by atomic mass is 10.1. The van der Waals surface area contributed by atoms with E-state index in [1.165, 1.54) is 35.2 Å². The van der Waals surface area contributed by atoms with Crippen molar-refractivity contribution in [2.45, 2.75) is 20.3 Å². The summed E-state index contributed by atoms with van der Waals surface area (Å²) in [6, 6.07) is 9.27. The highest BCUT2D eigenvalue weighted by atomic mass is 16.5. The predicted octanol–water partition coefficient (Wildman–Crippen LogP) is 2.12. The van der Waals surface area contributed by atoms with Gasteiger partial charge in [-0.1, -0.05) is 19.1 Å². The predicted molar refractivity (Wildman–Crippen MR) is 110 cm³/mol. The molecule has 0 unspecified atom stereocenters. The highest BCUT2D eigenvalue weighted by molar-refractivity contribution is 5.97. The zero-order valence-corrected chi connectivity index (χ0v) is 16.9. The molecule has 0 saturated carbocycles. The second-order valence-electron chi connectivity index (χ2n) is 6.44. The van der Waals surface area contributed by atoms with Crippen LogP contribution in [0.4, 0.5) is 10.5 Å². The van der Waals surface area contributed by atoms with E-state index in [1.807, 2.05) is 6.92 Å². The van der Waals surface area contributed by atoms with Gasteiger partial charge in [-0.3, -0.25) is 4.90 Å². The van der Waals surface area contributed by atoms with Crippen LogP contribution >= 0.6 is 0 Å². The van der Waals surface area contributed by atoms with E-state index < -0.39 is 17.7 Å². The molecule has 0 bridgehead atoms. The fraction of sp³-hybridized carbons (Fsp3) is 0.250. The summed E-state index contributed by atoms with van der Waals surface area (Å²) in [5, 5.41) is 26.6. The molecule has 11 nitrogen and oxygen atoms in total. The van der Waals surface area contributed by atoms with Gasteiger partial charge >= 0.3 is 17.7 Å². The fourth-order valence-electron chi connectivity index (χ4n) is 2.88. The summed E-state index contributed by atoms with van der Waals surface area (Å²) in [5.41, 5.74) is -0.690. The first-order valence-electron chi connectivity index (χ1n) is 9.54. The van der Waals surface area contributed by atoms with Gasteiger partial charge < -0.3 is 14.9 Å². The topological polar surface area (TPSA) is 140 Å². The Morgan fingerprint density at radius 3 is 2.52 bits per heavy atom. The molecule has 0 aliphatic rings. The Kier molecular flexibility index (Phi) is 6.34. The van der Waals surface area contributed by atoms with Gasteiger partial charge in [0.2, 0.25) is 0 Å². The number of nitrogens with zero attached hydrogens (tertiary/aromatic N) is 5. The lowest BCUT2D eigenvalue weighted by Gasteiger charge is -2.23. The van der Waals surface area contributed by atoms with Crippen molar-refractivity contribution in [1.82, 2.24) is 19.8 Å². The average molecular weight is 427 g/mol. The van der Waals surface area contributed by atoms with Crippen molar-refractivity contribution in [3.05, 3.63) is 58.5 Å². The number of para-hydroxylation sites is 2. The summed E-state index contributed by atoms with van der Waals surface area (Å²) >= 11 is 0. The number of aromatic carboxylic acids is 1. The quantitative estimate of drug-likeness (QED) is 0.547. The minimum atomic E-state index is -1.17. The number of hydrogen-bond donors (Lipinski definition) is 2. The molecule has 0 radical (unpaired) electrons. The molecule has 0 aliphatic carbocycles. The minimum absolute atomic E-state index is 0.0460. The third-order valence-corrected chi connectivity index (χ3v) is 4.38. The Morgan fingerprint density at radius 2 is 1.87 bits per heavy atom. The van der Waals surface area contributed by atoms with Gasteiger partial charge in [0.1, 0.15) is 17.2 Å². The van der Waals surface area contributed by atoms with Crippen LogP contribution in [-0.4, -0.2) is 55.2 Å². The smallest absolute Gasteiger partial charge is 0.377 e. The molecule has 31 heavy (non-hydrogen) atoms. The van der Waals surface area contributed by atoms with Crippen molar-refractivity contribution in [3.8, 4) is 17.2 Å². The summed E-state index contributed by atoms with van der Waals surface area (Å²) in [5.74, 6) is -1.08. The van der Waals surface area contributed by atoms with E-state index in [0.29, 0.717) is 23.5 Å². The second kappa shape index (κ2) is 9.11. The van der Waals surface area contributed by atoms with Gasteiger partial charge in [0.05, 0.1) is 17.9 Å². The lowest BCUT2D eigenvalue weighted by Crippen LogP contribution is -2.41. The minimum Gasteiger partial charge on any atom is -0.506 e. The van der Waals surface area contributed by atoms with Crippen molar-refractivity contribution in [3.63, 3.8) is 0 Å². The van der Waals surface area contributed by atoms with E-state index in [0.717, 1.165) is 4.68 Å². The summed E-state index contributed by atoms with van der Waals surface area (Å²) in [4.78, 5) is 38.5. The number of tetrazole rings is 1. The number of aromatic hydroxyl groups is 1. The molecule has 0 saturated heterocycles. The number of carbonyl (C=O) groups is 2. The van der Waals surface area contributed by atoms with Gasteiger partial charge in [-0.15, -0.1) is 4.68 Å². The average Bonchev–Trinajstić information content (AvgIpc) is 3.14. The number of hydrogen-bond acceptors (Lipinski definition) is 7. The van der Waals surface area contributed by atoms with Crippen molar-refractivity contribution in [2.24, 2.45) is 0 Å². The van der Waals surface area contributed by atoms with Crippen LogP contribution in [0.3, 0.4) is 0 Å². The maximum atomic E-state index is 13.1. The molecular formula is C20H21N5O6. The van der Waals surface area contributed by atoms with Crippen LogP contribution in [0.5, 0.6) is 11.5 Å². The molecule has 3 aromatic rings. The first-order chi connectivity index (χ1) is 14.9. The number of phenols is 1. The molecule has 1 amide bonds. The molecule has 162 valence electrons. The monoisotopic (exact) mass is 427 g/mol. The van der Waals surface area contributed by atoms with E-state index in [9.17, 15) is 24.6 Å². The Hall–Kier alpha value is -4.15. The molecular weight excluding hydrogens is 406 g/mol. The normalized spacial score (nSPS) is 10.6. The number of amides is 1. The Morgan fingerprint density at radius 1 is 1.13 bits per heavy atom. The van der Waals surface area contributed by atoms with Crippen molar-refractivity contribution in [2.75, 3.05) is 18.1 Å². The van der Waals surface area contributed by atoms with Crippen LogP contribution in [0, 0.1) is 0 Å². The maximum Gasteiger partial charge on any atom is 0.377 e. The SMILES string of the molecule is CCCOc1ccc(C(=O)O)cc1N(CC)C(=O)n1nnn(-c2ccccc2O)c1=O. The number of carboxylic acid groups (broad SMARTS) is 1. The van der Waals surface area contributed by atoms with E-state index in [2.05, 4.69) is 10.4 Å². The van der Waals surface area contributed by atoms with Crippen LogP contribution in [0.2, 0.25) is 0 Å². The first-order valence-corrected chi connectivity index (χ1v) is 9.54. The number of benzene rings is 2. The van der Waals surface area contributed by atoms with Gasteiger partial charge in [0.25, 0.3) is 0 Å². The number of phenolic OH excluding ortho intramolecular Hbond substituents is 1. The van der Waals surface area contributed by atoms with Crippen LogP contribution in [0.1, 0.15) is 30.6 Å². The molecule has 2 N–H and O–H groups in total. The molecule has 1 heterocycles. The summed E-state index contributed by atoms with van der Waals surface area (Å²) in [6.45, 7) is 4.02. The molecule has 0 spiro atoms. The van der Waals surface area contributed by atoms with Crippen molar-refractivity contribution < 1.29 is 24.5 Å². The van der Waals surface area contributed by atoms with Crippen LogP contribution in [0.25, 0.3) is 5.69 Å². The highest BCUT2D eigenvalue weighted by Gasteiger charge is 2.25. The molecule has 0 aliphatic heterocycles.